The molecule has 0 saturated carbocycles. The van der Waals surface area contributed by atoms with E-state index < -0.39 is 20.9 Å². The molecular weight excluding hydrogens is 388 g/mol. The maximum atomic E-state index is 13.0. The molecule has 3 aliphatic rings. The topological polar surface area (TPSA) is 66.9 Å². The molecule has 1 spiro atoms. The minimum absolute atomic E-state index is 0.121. The number of carbonyl (C=O) groups excluding carboxylic acids is 1. The molecule has 2 bridgehead atoms. The molecule has 0 aromatic heterocycles. The number of halogens is 1. The summed E-state index contributed by atoms with van der Waals surface area (Å²) >= 11 is 6.02. The summed E-state index contributed by atoms with van der Waals surface area (Å²) in [6.45, 7) is 5.74. The van der Waals surface area contributed by atoms with Gasteiger partial charge in [0.25, 0.3) is 5.91 Å². The first-order chi connectivity index (χ1) is 12.7. The maximum Gasteiger partial charge on any atom is 0.254 e. The molecular formula is C19H25ClN2O4S. The molecule has 1 aromatic carbocycles. The largest absolute Gasteiger partial charge is 0.365 e. The molecule has 1 amide bonds. The van der Waals surface area contributed by atoms with Crippen LogP contribution >= 0.6 is 11.6 Å². The molecule has 0 radical (unpaired) electrons. The minimum Gasteiger partial charge on any atom is -0.365 e. The monoisotopic (exact) mass is 412 g/mol. The Morgan fingerprint density at radius 2 is 2.15 bits per heavy atom. The van der Waals surface area contributed by atoms with E-state index in [0.29, 0.717) is 49.1 Å². The predicted molar refractivity (Wildman–Crippen MR) is 103 cm³/mol. The number of benzene rings is 1. The Labute approximate surface area is 165 Å². The summed E-state index contributed by atoms with van der Waals surface area (Å²) in [5.41, 5.74) is -0.290. The van der Waals surface area contributed by atoms with Gasteiger partial charge >= 0.3 is 0 Å². The number of hydrogen-bond acceptors (Lipinski definition) is 4. The second kappa shape index (κ2) is 6.72. The Morgan fingerprint density at radius 3 is 2.85 bits per heavy atom. The standard InChI is InChI=1S/C19H25ClN2O4S/c1-13(2)6-7-22-12-19-11-21(18(23)14-4-3-5-15(20)8-14)10-16(26-19)9-17(19)27(22,24)25/h3-5,8,13,16-17H,6-7,9-12H2,1-2H3/t16-,17+,19+/m1/s1. The third-order valence-electron chi connectivity index (χ3n) is 5.83. The van der Waals surface area contributed by atoms with Gasteiger partial charge in [0.15, 0.2) is 0 Å². The quantitative estimate of drug-likeness (QED) is 0.761. The summed E-state index contributed by atoms with van der Waals surface area (Å²) in [7, 11) is -3.39. The van der Waals surface area contributed by atoms with Crippen LogP contribution in [0.2, 0.25) is 5.02 Å². The molecule has 8 heteroatoms. The zero-order chi connectivity index (χ0) is 19.4. The van der Waals surface area contributed by atoms with Crippen molar-refractivity contribution in [1.82, 2.24) is 9.21 Å². The molecule has 3 saturated heterocycles. The lowest BCUT2D eigenvalue weighted by Crippen LogP contribution is -2.56. The lowest BCUT2D eigenvalue weighted by molar-refractivity contribution is -0.0977. The van der Waals surface area contributed by atoms with E-state index in [1.54, 1.807) is 33.5 Å². The first kappa shape index (κ1) is 19.2. The highest BCUT2D eigenvalue weighted by atomic mass is 35.5. The molecule has 0 N–H and O–H groups in total. The molecule has 27 heavy (non-hydrogen) atoms. The molecule has 148 valence electrons. The second-order valence-electron chi connectivity index (χ2n) is 8.29. The number of carbonyl (C=O) groups is 1. The van der Waals surface area contributed by atoms with Crippen molar-refractivity contribution < 1.29 is 17.9 Å². The highest BCUT2D eigenvalue weighted by Gasteiger charge is 2.65. The van der Waals surface area contributed by atoms with E-state index in [-0.39, 0.29) is 12.0 Å². The lowest BCUT2D eigenvalue weighted by atomic mass is 9.99. The number of ether oxygens (including phenoxy) is 1. The molecule has 0 aliphatic carbocycles. The fraction of sp³-hybridized carbons (Fsp3) is 0.632. The van der Waals surface area contributed by atoms with Crippen molar-refractivity contribution in [2.45, 2.75) is 43.6 Å². The molecule has 3 heterocycles. The predicted octanol–water partition coefficient (Wildman–Crippen LogP) is 2.38. The van der Waals surface area contributed by atoms with Crippen LogP contribution in [-0.2, 0) is 14.8 Å². The molecule has 6 nitrogen and oxygen atoms in total. The van der Waals surface area contributed by atoms with E-state index in [2.05, 4.69) is 13.8 Å². The van der Waals surface area contributed by atoms with Crippen LogP contribution < -0.4 is 0 Å². The number of amides is 1. The van der Waals surface area contributed by atoms with Crippen molar-refractivity contribution in [2.75, 3.05) is 26.2 Å². The molecule has 0 unspecified atom stereocenters. The molecule has 3 fully saturated rings. The van der Waals surface area contributed by atoms with Crippen LogP contribution in [0.3, 0.4) is 0 Å². The van der Waals surface area contributed by atoms with E-state index in [0.717, 1.165) is 6.42 Å². The summed E-state index contributed by atoms with van der Waals surface area (Å²) in [5.74, 6) is 0.308. The number of rotatable bonds is 4. The van der Waals surface area contributed by atoms with Crippen LogP contribution in [0.5, 0.6) is 0 Å². The molecule has 1 aromatic rings. The van der Waals surface area contributed by atoms with Gasteiger partial charge in [0.1, 0.15) is 10.9 Å². The second-order valence-corrected chi connectivity index (χ2v) is 10.8. The van der Waals surface area contributed by atoms with Gasteiger partial charge in [0, 0.05) is 30.2 Å². The van der Waals surface area contributed by atoms with Crippen molar-refractivity contribution >= 4 is 27.5 Å². The Kier molecular flexibility index (Phi) is 4.78. The van der Waals surface area contributed by atoms with E-state index in [1.807, 2.05) is 0 Å². The van der Waals surface area contributed by atoms with E-state index in [1.165, 1.54) is 0 Å². The number of nitrogens with zero attached hydrogens (tertiary/aromatic N) is 2. The summed E-state index contributed by atoms with van der Waals surface area (Å²) in [6.07, 6.45) is 1.05. The molecule has 3 aliphatic heterocycles. The zero-order valence-electron chi connectivity index (χ0n) is 15.6. The zero-order valence-corrected chi connectivity index (χ0v) is 17.2. The molecule has 4 rings (SSSR count). The normalized spacial score (nSPS) is 32.1. The smallest absolute Gasteiger partial charge is 0.254 e. The van der Waals surface area contributed by atoms with Crippen molar-refractivity contribution in [3.63, 3.8) is 0 Å². The van der Waals surface area contributed by atoms with Crippen LogP contribution in [0.1, 0.15) is 37.0 Å². The van der Waals surface area contributed by atoms with Crippen molar-refractivity contribution in [2.24, 2.45) is 5.92 Å². The fourth-order valence-electron chi connectivity index (χ4n) is 4.51. The number of fused-ring (bicyclic) bond motifs is 1. The third-order valence-corrected chi connectivity index (χ3v) is 8.43. The van der Waals surface area contributed by atoms with Gasteiger partial charge < -0.3 is 9.64 Å². The average molecular weight is 413 g/mol. The summed E-state index contributed by atoms with van der Waals surface area (Å²) in [6, 6.07) is 6.86. The van der Waals surface area contributed by atoms with Crippen LogP contribution in [0.25, 0.3) is 0 Å². The van der Waals surface area contributed by atoms with Gasteiger partial charge in [-0.2, -0.15) is 4.31 Å². The fourth-order valence-corrected chi connectivity index (χ4v) is 7.03. The van der Waals surface area contributed by atoms with E-state index in [4.69, 9.17) is 16.3 Å². The number of hydrogen-bond donors (Lipinski definition) is 0. The summed E-state index contributed by atoms with van der Waals surface area (Å²) < 4.78 is 33.8. The number of morpholine rings is 1. The Balaban J connectivity index is 1.57. The van der Waals surface area contributed by atoms with E-state index >= 15 is 0 Å². The minimum atomic E-state index is -3.39. The molecule has 3 atom stereocenters. The first-order valence-corrected chi connectivity index (χ1v) is 11.3. The number of likely N-dealkylation sites (tertiary alicyclic amines) is 1. The first-order valence-electron chi connectivity index (χ1n) is 9.43. The van der Waals surface area contributed by atoms with Gasteiger partial charge in [-0.1, -0.05) is 31.5 Å². The van der Waals surface area contributed by atoms with Gasteiger partial charge in [0.05, 0.1) is 12.6 Å². The lowest BCUT2D eigenvalue weighted by Gasteiger charge is -2.39. The van der Waals surface area contributed by atoms with Crippen LogP contribution in [0.4, 0.5) is 0 Å². The third kappa shape index (κ3) is 3.28. The summed E-state index contributed by atoms with van der Waals surface area (Å²) in [4.78, 5) is 14.7. The van der Waals surface area contributed by atoms with Crippen LogP contribution in [0, 0.1) is 5.92 Å². The van der Waals surface area contributed by atoms with Gasteiger partial charge in [-0.05, 0) is 37.0 Å². The number of sulfonamides is 1. The Hall–Kier alpha value is -1.15. The Morgan fingerprint density at radius 1 is 1.37 bits per heavy atom. The van der Waals surface area contributed by atoms with Gasteiger partial charge in [0.2, 0.25) is 10.0 Å². The van der Waals surface area contributed by atoms with Crippen molar-refractivity contribution in [3.05, 3.63) is 34.9 Å². The van der Waals surface area contributed by atoms with Crippen molar-refractivity contribution in [1.29, 1.82) is 0 Å². The van der Waals surface area contributed by atoms with E-state index in [9.17, 15) is 13.2 Å². The maximum absolute atomic E-state index is 13.0. The van der Waals surface area contributed by atoms with Crippen LogP contribution in [0.15, 0.2) is 24.3 Å². The van der Waals surface area contributed by atoms with Gasteiger partial charge in [-0.3, -0.25) is 4.79 Å². The summed E-state index contributed by atoms with van der Waals surface area (Å²) in [5, 5.41) is -0.0456. The van der Waals surface area contributed by atoms with Gasteiger partial charge in [-0.15, -0.1) is 0 Å². The van der Waals surface area contributed by atoms with Crippen LogP contribution in [-0.4, -0.2) is 66.7 Å². The Bertz CT molecular complexity index is 859. The van der Waals surface area contributed by atoms with Gasteiger partial charge in [-0.25, -0.2) is 8.42 Å². The van der Waals surface area contributed by atoms with Crippen molar-refractivity contribution in [3.8, 4) is 0 Å². The highest BCUT2D eigenvalue weighted by molar-refractivity contribution is 7.90. The highest BCUT2D eigenvalue weighted by Crippen LogP contribution is 2.46. The SMILES string of the molecule is CC(C)CCN1C[C@@]23CN(C(=O)c4cccc(Cl)c4)C[C@@H](C[C@@H]2S1(=O)=O)O3. The average Bonchev–Trinajstić information content (AvgIpc) is 2.98.